The van der Waals surface area contributed by atoms with E-state index in [1.807, 2.05) is 31.2 Å². The van der Waals surface area contributed by atoms with Gasteiger partial charge < -0.3 is 4.98 Å². The van der Waals surface area contributed by atoms with Crippen molar-refractivity contribution in [1.29, 1.82) is 0 Å². The van der Waals surface area contributed by atoms with Gasteiger partial charge in [-0.1, -0.05) is 29.8 Å². The van der Waals surface area contributed by atoms with Crippen molar-refractivity contribution in [3.63, 3.8) is 0 Å². The molecule has 2 aromatic rings. The minimum Gasteiger partial charge on any atom is -0.311 e. The first kappa shape index (κ1) is 10.5. The number of halogens is 1. The normalized spacial score (nSPS) is 10.4. The third kappa shape index (κ3) is 2.16. The summed E-state index contributed by atoms with van der Waals surface area (Å²) in [7, 11) is 0. The van der Waals surface area contributed by atoms with Gasteiger partial charge in [-0.05, 0) is 12.5 Å². The molecule has 0 saturated heterocycles. The number of nitrogens with zero attached hydrogens (tertiary/aromatic N) is 1. The summed E-state index contributed by atoms with van der Waals surface area (Å²) < 4.78 is 13.4. The lowest BCUT2D eigenvalue weighted by Crippen LogP contribution is -2.14. The maximum atomic E-state index is 13.4. The smallest absolute Gasteiger partial charge is 0.287 e. The molecule has 82 valence electrons. The van der Waals surface area contributed by atoms with Gasteiger partial charge in [0.15, 0.2) is 0 Å². The average Bonchev–Trinajstić information content (AvgIpc) is 2.28. The summed E-state index contributed by atoms with van der Waals surface area (Å²) in [5, 5.41) is 0. The van der Waals surface area contributed by atoms with Gasteiger partial charge in [0, 0.05) is 6.42 Å². The highest BCUT2D eigenvalue weighted by Crippen LogP contribution is 2.09. The van der Waals surface area contributed by atoms with Gasteiger partial charge in [-0.2, -0.15) is 4.39 Å². The first-order valence-corrected chi connectivity index (χ1v) is 4.94. The monoisotopic (exact) mass is 218 g/mol. The number of benzene rings is 1. The number of rotatable bonds is 2. The molecule has 0 spiro atoms. The Morgan fingerprint density at radius 3 is 2.69 bits per heavy atom. The largest absolute Gasteiger partial charge is 0.311 e. The Labute approximate surface area is 92.0 Å². The summed E-state index contributed by atoms with van der Waals surface area (Å²) >= 11 is 0. The first-order valence-electron chi connectivity index (χ1n) is 4.94. The van der Waals surface area contributed by atoms with Crippen LogP contribution in [0.25, 0.3) is 0 Å². The van der Waals surface area contributed by atoms with E-state index >= 15 is 0 Å². The van der Waals surface area contributed by atoms with Crippen molar-refractivity contribution in [1.82, 2.24) is 9.97 Å². The maximum Gasteiger partial charge on any atom is 0.287 e. The molecule has 0 aliphatic heterocycles. The lowest BCUT2D eigenvalue weighted by atomic mass is 10.1. The van der Waals surface area contributed by atoms with Gasteiger partial charge in [0.05, 0.1) is 12.0 Å². The summed E-state index contributed by atoms with van der Waals surface area (Å²) in [6.07, 6.45) is 1.55. The Bertz CT molecular complexity index is 546. The predicted molar refractivity (Wildman–Crippen MR) is 58.8 cm³/mol. The molecule has 1 aromatic heterocycles. The zero-order valence-corrected chi connectivity index (χ0v) is 8.83. The number of H-pyrrole nitrogens is 1. The predicted octanol–water partition coefficient (Wildman–Crippen LogP) is 1.81. The van der Waals surface area contributed by atoms with Gasteiger partial charge in [-0.3, -0.25) is 4.79 Å². The van der Waals surface area contributed by atoms with E-state index in [1.165, 1.54) is 6.33 Å². The molecule has 16 heavy (non-hydrogen) atoms. The van der Waals surface area contributed by atoms with E-state index in [2.05, 4.69) is 9.97 Å². The SMILES string of the molecule is Cc1ccc(Cc2nc[nH]c(=O)c2F)cc1. The van der Waals surface area contributed by atoms with Gasteiger partial charge >= 0.3 is 0 Å². The molecule has 0 aliphatic rings. The molecule has 4 heteroatoms. The number of hydrogen-bond acceptors (Lipinski definition) is 2. The van der Waals surface area contributed by atoms with Crippen molar-refractivity contribution in [2.75, 3.05) is 0 Å². The fourth-order valence-electron chi connectivity index (χ4n) is 1.44. The molecule has 1 aromatic carbocycles. The van der Waals surface area contributed by atoms with E-state index in [-0.39, 0.29) is 5.69 Å². The van der Waals surface area contributed by atoms with E-state index < -0.39 is 11.4 Å². The summed E-state index contributed by atoms with van der Waals surface area (Å²) in [5.74, 6) is -0.803. The molecule has 0 atom stereocenters. The summed E-state index contributed by atoms with van der Waals surface area (Å²) in [6, 6.07) is 7.69. The summed E-state index contributed by atoms with van der Waals surface area (Å²) in [6.45, 7) is 1.98. The molecule has 0 fully saturated rings. The second kappa shape index (κ2) is 4.26. The van der Waals surface area contributed by atoms with Crippen LogP contribution in [0.3, 0.4) is 0 Å². The Morgan fingerprint density at radius 1 is 1.31 bits per heavy atom. The second-order valence-electron chi connectivity index (χ2n) is 3.65. The topological polar surface area (TPSA) is 45.8 Å². The third-order valence-corrected chi connectivity index (χ3v) is 2.36. The van der Waals surface area contributed by atoms with E-state index in [0.717, 1.165) is 11.1 Å². The Balaban J connectivity index is 2.30. The fraction of sp³-hybridized carbons (Fsp3) is 0.167. The lowest BCUT2D eigenvalue weighted by Gasteiger charge is -2.02. The van der Waals surface area contributed by atoms with Crippen molar-refractivity contribution in [3.8, 4) is 0 Å². The Hall–Kier alpha value is -1.97. The molecule has 0 saturated carbocycles. The van der Waals surface area contributed by atoms with Crippen LogP contribution in [0, 0.1) is 12.7 Å². The number of aromatic nitrogens is 2. The minimum atomic E-state index is -0.803. The molecule has 1 N–H and O–H groups in total. The van der Waals surface area contributed by atoms with Crippen LogP contribution in [0.4, 0.5) is 4.39 Å². The first-order chi connectivity index (χ1) is 7.66. The van der Waals surface area contributed by atoms with Crippen LogP contribution in [0.5, 0.6) is 0 Å². The van der Waals surface area contributed by atoms with Crippen LogP contribution in [0.2, 0.25) is 0 Å². The molecule has 0 amide bonds. The molecule has 0 radical (unpaired) electrons. The second-order valence-corrected chi connectivity index (χ2v) is 3.65. The summed E-state index contributed by atoms with van der Waals surface area (Å²) in [5.41, 5.74) is 1.52. The van der Waals surface area contributed by atoms with Crippen molar-refractivity contribution in [2.24, 2.45) is 0 Å². The number of hydrogen-bond donors (Lipinski definition) is 1. The maximum absolute atomic E-state index is 13.4. The van der Waals surface area contributed by atoms with Crippen molar-refractivity contribution in [2.45, 2.75) is 13.3 Å². The van der Waals surface area contributed by atoms with Crippen LogP contribution < -0.4 is 5.56 Å². The molecule has 2 rings (SSSR count). The van der Waals surface area contributed by atoms with Crippen LogP contribution in [0.1, 0.15) is 16.8 Å². The number of aromatic amines is 1. The van der Waals surface area contributed by atoms with Crippen molar-refractivity contribution >= 4 is 0 Å². The molecule has 3 nitrogen and oxygen atoms in total. The van der Waals surface area contributed by atoms with Crippen molar-refractivity contribution in [3.05, 3.63) is 63.6 Å². The van der Waals surface area contributed by atoms with Gasteiger partial charge in [0.2, 0.25) is 5.82 Å². The summed E-state index contributed by atoms with van der Waals surface area (Å²) in [4.78, 5) is 17.0. The van der Waals surface area contributed by atoms with Gasteiger partial charge in [0.25, 0.3) is 5.56 Å². The number of aryl methyl sites for hydroxylation is 1. The molecule has 0 unspecified atom stereocenters. The van der Waals surface area contributed by atoms with E-state index in [9.17, 15) is 9.18 Å². The van der Waals surface area contributed by atoms with Crippen LogP contribution in [-0.2, 0) is 6.42 Å². The van der Waals surface area contributed by atoms with Crippen molar-refractivity contribution < 1.29 is 4.39 Å². The number of nitrogens with one attached hydrogen (secondary N) is 1. The minimum absolute atomic E-state index is 0.174. The Morgan fingerprint density at radius 2 is 2.00 bits per heavy atom. The van der Waals surface area contributed by atoms with E-state index in [4.69, 9.17) is 0 Å². The van der Waals surface area contributed by atoms with Crippen LogP contribution in [0.15, 0.2) is 35.4 Å². The quantitative estimate of drug-likeness (QED) is 0.835. The van der Waals surface area contributed by atoms with E-state index in [1.54, 1.807) is 0 Å². The average molecular weight is 218 g/mol. The van der Waals surface area contributed by atoms with E-state index in [0.29, 0.717) is 6.42 Å². The molecular weight excluding hydrogens is 207 g/mol. The lowest BCUT2D eigenvalue weighted by molar-refractivity contribution is 0.582. The zero-order valence-electron chi connectivity index (χ0n) is 8.83. The van der Waals surface area contributed by atoms with Gasteiger partial charge in [-0.25, -0.2) is 4.98 Å². The van der Waals surface area contributed by atoms with Crippen LogP contribution >= 0.6 is 0 Å². The molecular formula is C12H11FN2O. The fourth-order valence-corrected chi connectivity index (χ4v) is 1.44. The standard InChI is InChI=1S/C12H11FN2O/c1-8-2-4-9(5-3-8)6-10-11(13)12(16)15-7-14-10/h2-5,7H,6H2,1H3,(H,14,15,16). The Kier molecular flexibility index (Phi) is 2.81. The van der Waals surface area contributed by atoms with Gasteiger partial charge in [0.1, 0.15) is 0 Å². The highest BCUT2D eigenvalue weighted by molar-refractivity contribution is 5.25. The highest BCUT2D eigenvalue weighted by atomic mass is 19.1. The van der Waals surface area contributed by atoms with Crippen LogP contribution in [-0.4, -0.2) is 9.97 Å². The van der Waals surface area contributed by atoms with Gasteiger partial charge in [-0.15, -0.1) is 0 Å². The third-order valence-electron chi connectivity index (χ3n) is 2.36. The molecule has 1 heterocycles. The highest BCUT2D eigenvalue weighted by Gasteiger charge is 2.07. The molecule has 0 aliphatic carbocycles. The zero-order chi connectivity index (χ0) is 11.5. The molecule has 0 bridgehead atoms.